The van der Waals surface area contributed by atoms with E-state index in [4.69, 9.17) is 21.4 Å². The summed E-state index contributed by atoms with van der Waals surface area (Å²) in [6.07, 6.45) is 0. The molecule has 18 heavy (non-hydrogen) atoms. The van der Waals surface area contributed by atoms with E-state index in [0.717, 1.165) is 11.3 Å². The van der Waals surface area contributed by atoms with Crippen LogP contribution in [0.25, 0.3) is 11.3 Å². The molecule has 94 valence electrons. The molecule has 0 aliphatic heterocycles. The number of benzene rings is 1. The number of hydrogen-bond acceptors (Lipinski definition) is 4. The van der Waals surface area contributed by atoms with Gasteiger partial charge in [0, 0.05) is 10.6 Å². The maximum atomic E-state index is 11.2. The molecule has 1 heterocycles. The summed E-state index contributed by atoms with van der Waals surface area (Å²) in [5.41, 5.74) is 0.906. The minimum Gasteiger partial charge on any atom is -0.496 e. The minimum absolute atomic E-state index is 0.141. The summed E-state index contributed by atoms with van der Waals surface area (Å²) in [5.74, 6) is -0.505. The highest BCUT2D eigenvalue weighted by molar-refractivity contribution is 9.11. The van der Waals surface area contributed by atoms with Crippen molar-refractivity contribution in [1.29, 1.82) is 0 Å². The Morgan fingerprint density at radius 2 is 2.28 bits per heavy atom. The third-order valence-electron chi connectivity index (χ3n) is 2.21. The minimum atomic E-state index is -1.03. The van der Waals surface area contributed by atoms with E-state index in [1.165, 1.54) is 7.11 Å². The summed E-state index contributed by atoms with van der Waals surface area (Å²) in [6, 6.07) is 4.98. The summed E-state index contributed by atoms with van der Waals surface area (Å²) in [6.45, 7) is 0. The standard InChI is InChI=1S/C11H7BrClNO3S/c1-17-7-3-2-5(13)4-6(7)8-9(10(15)16)18-11(12)14-8/h2-4H,1H3,(H,15,16). The van der Waals surface area contributed by atoms with Gasteiger partial charge in [-0.05, 0) is 34.1 Å². The van der Waals surface area contributed by atoms with Gasteiger partial charge in [0.15, 0.2) is 3.92 Å². The second kappa shape index (κ2) is 5.26. The van der Waals surface area contributed by atoms with Gasteiger partial charge >= 0.3 is 5.97 Å². The number of halogens is 2. The smallest absolute Gasteiger partial charge is 0.348 e. The van der Waals surface area contributed by atoms with Crippen molar-refractivity contribution in [2.75, 3.05) is 7.11 Å². The molecule has 0 aliphatic carbocycles. The van der Waals surface area contributed by atoms with Crippen LogP contribution in [0.4, 0.5) is 0 Å². The van der Waals surface area contributed by atoms with Gasteiger partial charge in [-0.1, -0.05) is 22.9 Å². The third-order valence-corrected chi connectivity index (χ3v) is 3.94. The molecule has 0 saturated carbocycles. The van der Waals surface area contributed by atoms with Crippen LogP contribution in [0.1, 0.15) is 9.67 Å². The van der Waals surface area contributed by atoms with Crippen LogP contribution in [0.3, 0.4) is 0 Å². The van der Waals surface area contributed by atoms with E-state index in [1.54, 1.807) is 18.2 Å². The predicted octanol–water partition coefficient (Wildman–Crippen LogP) is 3.93. The number of methoxy groups -OCH3 is 1. The van der Waals surface area contributed by atoms with Crippen molar-refractivity contribution in [2.45, 2.75) is 0 Å². The molecule has 0 amide bonds. The number of thiazole rings is 1. The van der Waals surface area contributed by atoms with Gasteiger partial charge < -0.3 is 9.84 Å². The van der Waals surface area contributed by atoms with E-state index in [0.29, 0.717) is 25.9 Å². The fourth-order valence-corrected chi connectivity index (χ4v) is 2.97. The van der Waals surface area contributed by atoms with Gasteiger partial charge in [-0.3, -0.25) is 0 Å². The Kier molecular flexibility index (Phi) is 3.89. The topological polar surface area (TPSA) is 59.4 Å². The van der Waals surface area contributed by atoms with Gasteiger partial charge in [0.1, 0.15) is 16.3 Å². The van der Waals surface area contributed by atoms with E-state index in [2.05, 4.69) is 20.9 Å². The molecule has 0 aliphatic rings. The van der Waals surface area contributed by atoms with E-state index in [9.17, 15) is 4.79 Å². The Morgan fingerprint density at radius 1 is 1.56 bits per heavy atom. The third kappa shape index (κ3) is 2.50. The lowest BCUT2D eigenvalue weighted by atomic mass is 10.1. The molecular formula is C11H7BrClNO3S. The normalized spacial score (nSPS) is 10.4. The summed E-state index contributed by atoms with van der Waals surface area (Å²) in [4.78, 5) is 15.5. The summed E-state index contributed by atoms with van der Waals surface area (Å²) in [5, 5.41) is 9.64. The average Bonchev–Trinajstić information content (AvgIpc) is 2.71. The number of rotatable bonds is 3. The lowest BCUT2D eigenvalue weighted by Gasteiger charge is -2.07. The van der Waals surface area contributed by atoms with Crippen molar-refractivity contribution in [3.05, 3.63) is 32.0 Å². The maximum absolute atomic E-state index is 11.2. The molecule has 0 fully saturated rings. The van der Waals surface area contributed by atoms with Gasteiger partial charge in [0.05, 0.1) is 7.11 Å². The number of carboxylic acids is 1. The molecule has 0 bridgehead atoms. The van der Waals surface area contributed by atoms with Crippen molar-refractivity contribution in [2.24, 2.45) is 0 Å². The fourth-order valence-electron chi connectivity index (χ4n) is 1.49. The molecule has 0 radical (unpaired) electrons. The van der Waals surface area contributed by atoms with E-state index >= 15 is 0 Å². The zero-order chi connectivity index (χ0) is 13.3. The molecule has 4 nitrogen and oxygen atoms in total. The number of aromatic nitrogens is 1. The second-order valence-corrected chi connectivity index (χ2v) is 6.01. The number of nitrogens with zero attached hydrogens (tertiary/aromatic N) is 1. The van der Waals surface area contributed by atoms with Gasteiger partial charge in [0.2, 0.25) is 0 Å². The lowest BCUT2D eigenvalue weighted by molar-refractivity contribution is 0.0702. The zero-order valence-electron chi connectivity index (χ0n) is 9.11. The van der Waals surface area contributed by atoms with E-state index < -0.39 is 5.97 Å². The molecule has 0 unspecified atom stereocenters. The van der Waals surface area contributed by atoms with Gasteiger partial charge in [-0.25, -0.2) is 9.78 Å². The first kappa shape index (κ1) is 13.3. The van der Waals surface area contributed by atoms with Crippen molar-refractivity contribution in [3.63, 3.8) is 0 Å². The number of ether oxygens (including phenoxy) is 1. The zero-order valence-corrected chi connectivity index (χ0v) is 12.3. The van der Waals surface area contributed by atoms with Crippen molar-refractivity contribution >= 4 is 44.8 Å². The summed E-state index contributed by atoms with van der Waals surface area (Å²) >= 11 is 10.2. The average molecular weight is 349 g/mol. The maximum Gasteiger partial charge on any atom is 0.348 e. The summed E-state index contributed by atoms with van der Waals surface area (Å²) < 4.78 is 5.69. The lowest BCUT2D eigenvalue weighted by Crippen LogP contribution is -1.97. The highest BCUT2D eigenvalue weighted by Crippen LogP contribution is 2.37. The van der Waals surface area contributed by atoms with Crippen molar-refractivity contribution in [3.8, 4) is 17.0 Å². The van der Waals surface area contributed by atoms with Gasteiger partial charge in [0.25, 0.3) is 0 Å². The molecule has 7 heteroatoms. The Balaban J connectivity index is 2.68. The molecule has 1 N–H and O–H groups in total. The Hall–Kier alpha value is -1.11. The molecule has 2 rings (SSSR count). The number of aromatic carboxylic acids is 1. The Bertz CT molecular complexity index is 614. The van der Waals surface area contributed by atoms with Crippen LogP contribution in [-0.4, -0.2) is 23.2 Å². The van der Waals surface area contributed by atoms with Gasteiger partial charge in [-0.2, -0.15) is 0 Å². The Morgan fingerprint density at radius 3 is 2.89 bits per heavy atom. The van der Waals surface area contributed by atoms with E-state index in [-0.39, 0.29) is 4.88 Å². The van der Waals surface area contributed by atoms with Crippen LogP contribution in [0.15, 0.2) is 22.1 Å². The Labute approximate surface area is 120 Å². The van der Waals surface area contributed by atoms with Crippen LogP contribution in [-0.2, 0) is 0 Å². The molecule has 1 aromatic heterocycles. The molecular weight excluding hydrogens is 342 g/mol. The van der Waals surface area contributed by atoms with Crippen LogP contribution < -0.4 is 4.74 Å². The molecule has 0 saturated heterocycles. The molecule has 0 spiro atoms. The number of carbonyl (C=O) groups is 1. The van der Waals surface area contributed by atoms with Crippen LogP contribution in [0.5, 0.6) is 5.75 Å². The largest absolute Gasteiger partial charge is 0.496 e. The number of carboxylic acid groups (broad SMARTS) is 1. The SMILES string of the molecule is COc1ccc(Cl)cc1-c1nc(Br)sc1C(=O)O. The molecule has 0 atom stereocenters. The second-order valence-electron chi connectivity index (χ2n) is 3.29. The monoisotopic (exact) mass is 347 g/mol. The quantitative estimate of drug-likeness (QED) is 0.913. The molecule has 1 aromatic carbocycles. The van der Waals surface area contributed by atoms with Crippen LogP contribution in [0.2, 0.25) is 5.02 Å². The van der Waals surface area contributed by atoms with Crippen molar-refractivity contribution < 1.29 is 14.6 Å². The van der Waals surface area contributed by atoms with Crippen LogP contribution >= 0.6 is 38.9 Å². The number of hydrogen-bond donors (Lipinski definition) is 1. The molecule has 2 aromatic rings. The van der Waals surface area contributed by atoms with Crippen LogP contribution in [0, 0.1) is 0 Å². The van der Waals surface area contributed by atoms with Gasteiger partial charge in [-0.15, -0.1) is 0 Å². The first-order valence-corrected chi connectivity index (χ1v) is 6.75. The predicted molar refractivity (Wildman–Crippen MR) is 73.8 cm³/mol. The van der Waals surface area contributed by atoms with E-state index in [1.807, 2.05) is 0 Å². The fraction of sp³-hybridized carbons (Fsp3) is 0.0909. The highest BCUT2D eigenvalue weighted by Gasteiger charge is 2.20. The highest BCUT2D eigenvalue weighted by atomic mass is 79.9. The summed E-state index contributed by atoms with van der Waals surface area (Å²) in [7, 11) is 1.51. The first-order valence-electron chi connectivity index (χ1n) is 4.76. The van der Waals surface area contributed by atoms with Crippen molar-refractivity contribution in [1.82, 2.24) is 4.98 Å². The first-order chi connectivity index (χ1) is 8.52.